The number of hydrogen-bond donors (Lipinski definition) is 2. The molecule has 0 radical (unpaired) electrons. The molecule has 0 atom stereocenters. The average Bonchev–Trinajstić information content (AvgIpc) is 2.96. The monoisotopic (exact) mass is 368 g/mol. The number of carbonyl (C=O) groups excluding carboxylic acids is 1. The third kappa shape index (κ3) is 5.08. The zero-order chi connectivity index (χ0) is 17.7. The molecule has 7 nitrogen and oxygen atoms in total. The van der Waals surface area contributed by atoms with Crippen molar-refractivity contribution in [2.24, 2.45) is 5.92 Å². The summed E-state index contributed by atoms with van der Waals surface area (Å²) in [5, 5.41) is 10.1. The van der Waals surface area contributed by atoms with E-state index < -0.39 is 10.0 Å². The smallest absolute Gasteiger partial charge is 0.269 e. The Kier molecular flexibility index (Phi) is 6.03. The van der Waals surface area contributed by atoms with Crippen molar-refractivity contribution >= 4 is 32.4 Å². The van der Waals surface area contributed by atoms with Gasteiger partial charge in [-0.15, -0.1) is 10.2 Å². The van der Waals surface area contributed by atoms with E-state index in [4.69, 9.17) is 0 Å². The highest BCUT2D eigenvalue weighted by atomic mass is 32.2. The molecule has 0 saturated carbocycles. The minimum absolute atomic E-state index is 0.144. The van der Waals surface area contributed by atoms with Gasteiger partial charge in [0.1, 0.15) is 0 Å². The van der Waals surface area contributed by atoms with Gasteiger partial charge < -0.3 is 0 Å². The van der Waals surface area contributed by atoms with Gasteiger partial charge in [0.2, 0.25) is 9.47 Å². The lowest BCUT2D eigenvalue weighted by Gasteiger charge is -2.05. The Morgan fingerprint density at radius 3 is 2.71 bits per heavy atom. The Bertz CT molecular complexity index is 816. The Morgan fingerprint density at radius 2 is 2.04 bits per heavy atom. The van der Waals surface area contributed by atoms with E-state index in [0.29, 0.717) is 18.0 Å². The molecule has 9 heteroatoms. The second kappa shape index (κ2) is 7.82. The van der Waals surface area contributed by atoms with Crippen molar-refractivity contribution in [1.82, 2.24) is 14.9 Å². The van der Waals surface area contributed by atoms with Crippen LogP contribution in [0.3, 0.4) is 0 Å². The van der Waals surface area contributed by atoms with E-state index in [1.54, 1.807) is 18.2 Å². The maximum atomic E-state index is 12.1. The first-order valence-electron chi connectivity index (χ1n) is 7.49. The summed E-state index contributed by atoms with van der Waals surface area (Å²) in [6.07, 6.45) is 0.731. The lowest BCUT2D eigenvalue weighted by molar-refractivity contribution is 0.102. The Hall–Kier alpha value is -1.84. The van der Waals surface area contributed by atoms with Gasteiger partial charge in [-0.3, -0.25) is 10.1 Å². The first-order valence-corrected chi connectivity index (χ1v) is 9.79. The number of rotatable bonds is 7. The summed E-state index contributed by atoms with van der Waals surface area (Å²) < 4.78 is 26.5. The lowest BCUT2D eigenvalue weighted by atomic mass is 10.1. The van der Waals surface area contributed by atoms with Crippen LogP contribution < -0.4 is 10.0 Å². The normalized spacial score (nSPS) is 11.7. The Morgan fingerprint density at radius 1 is 1.29 bits per heavy atom. The zero-order valence-electron chi connectivity index (χ0n) is 13.7. The highest BCUT2D eigenvalue weighted by Gasteiger charge is 2.20. The van der Waals surface area contributed by atoms with Gasteiger partial charge in [-0.2, -0.15) is 0 Å². The quantitative estimate of drug-likeness (QED) is 0.731. The van der Waals surface area contributed by atoms with Gasteiger partial charge in [0, 0.05) is 12.1 Å². The van der Waals surface area contributed by atoms with Crippen LogP contribution in [0, 0.1) is 12.8 Å². The van der Waals surface area contributed by atoms with Crippen LogP contribution >= 0.6 is 11.3 Å². The molecule has 0 aliphatic heterocycles. The second-order valence-electron chi connectivity index (χ2n) is 5.78. The number of nitrogens with one attached hydrogen (secondary N) is 2. The predicted octanol–water partition coefficient (Wildman–Crippen LogP) is 2.42. The maximum Gasteiger partial charge on any atom is 0.269 e. The summed E-state index contributed by atoms with van der Waals surface area (Å²) in [7, 11) is -3.70. The molecular weight excluding hydrogens is 348 g/mol. The third-order valence-electron chi connectivity index (χ3n) is 3.15. The van der Waals surface area contributed by atoms with Crippen LogP contribution in [0.5, 0.6) is 0 Å². The van der Waals surface area contributed by atoms with Crippen LogP contribution in [-0.4, -0.2) is 31.1 Å². The average molecular weight is 368 g/mol. The van der Waals surface area contributed by atoms with Crippen molar-refractivity contribution in [3.05, 3.63) is 35.4 Å². The highest BCUT2D eigenvalue weighted by molar-refractivity contribution is 7.91. The molecule has 0 unspecified atom stereocenters. The molecule has 130 valence electrons. The number of aromatic nitrogens is 2. The number of benzene rings is 1. The molecular formula is C15H20N4O3S2. The van der Waals surface area contributed by atoms with Crippen LogP contribution in [-0.2, 0) is 10.0 Å². The van der Waals surface area contributed by atoms with E-state index in [2.05, 4.69) is 20.2 Å². The standard InChI is InChI=1S/C15H20N4O3S2/c1-10(2)7-8-16-24(21,22)15-19-18-14(23-15)17-13(20)12-6-4-5-11(3)9-12/h4-6,9-10,16H,7-8H2,1-3H3,(H,17,18,20). The van der Waals surface area contributed by atoms with Gasteiger partial charge in [0.05, 0.1) is 0 Å². The number of hydrogen-bond acceptors (Lipinski definition) is 6. The fourth-order valence-electron chi connectivity index (χ4n) is 1.87. The minimum Gasteiger partial charge on any atom is -0.296 e. The molecule has 0 saturated heterocycles. The molecule has 2 N–H and O–H groups in total. The number of sulfonamides is 1. The molecule has 1 heterocycles. The largest absolute Gasteiger partial charge is 0.296 e. The van der Waals surface area contributed by atoms with Gasteiger partial charge in [-0.25, -0.2) is 13.1 Å². The fourth-order valence-corrected chi connectivity index (χ4v) is 3.85. The van der Waals surface area contributed by atoms with Crippen molar-refractivity contribution in [2.45, 2.75) is 31.5 Å². The summed E-state index contributed by atoms with van der Waals surface area (Å²) in [5.41, 5.74) is 1.43. The number of nitrogens with zero attached hydrogens (tertiary/aromatic N) is 2. The van der Waals surface area contributed by atoms with E-state index in [-0.39, 0.29) is 15.4 Å². The van der Waals surface area contributed by atoms with E-state index in [1.807, 2.05) is 26.8 Å². The molecule has 0 spiro atoms. The zero-order valence-corrected chi connectivity index (χ0v) is 15.4. The van der Waals surface area contributed by atoms with Crippen molar-refractivity contribution in [3.63, 3.8) is 0 Å². The van der Waals surface area contributed by atoms with Crippen molar-refractivity contribution in [3.8, 4) is 0 Å². The topological polar surface area (TPSA) is 101 Å². The molecule has 0 bridgehead atoms. The summed E-state index contributed by atoms with van der Waals surface area (Å²) in [6, 6.07) is 7.07. The van der Waals surface area contributed by atoms with E-state index in [0.717, 1.165) is 23.3 Å². The van der Waals surface area contributed by atoms with Crippen LogP contribution in [0.25, 0.3) is 0 Å². The summed E-state index contributed by atoms with van der Waals surface area (Å²) in [6.45, 7) is 6.25. The SMILES string of the molecule is Cc1cccc(C(=O)Nc2nnc(S(=O)(=O)NCCC(C)C)s2)c1. The Labute approximate surface area is 145 Å². The van der Waals surface area contributed by atoms with Gasteiger partial charge in [0.15, 0.2) is 0 Å². The lowest BCUT2D eigenvalue weighted by Crippen LogP contribution is -2.25. The minimum atomic E-state index is -3.70. The van der Waals surface area contributed by atoms with Gasteiger partial charge >= 0.3 is 0 Å². The first kappa shape index (κ1) is 18.5. The predicted molar refractivity (Wildman–Crippen MR) is 93.7 cm³/mol. The van der Waals surface area contributed by atoms with Crippen LogP contribution in [0.4, 0.5) is 5.13 Å². The molecule has 0 aliphatic rings. The fraction of sp³-hybridized carbons (Fsp3) is 0.400. The van der Waals surface area contributed by atoms with Crippen molar-refractivity contribution < 1.29 is 13.2 Å². The second-order valence-corrected chi connectivity index (χ2v) is 8.70. The molecule has 1 aromatic heterocycles. The van der Waals surface area contributed by atoms with Crippen LogP contribution in [0.2, 0.25) is 0 Å². The third-order valence-corrected chi connectivity index (χ3v) is 5.82. The van der Waals surface area contributed by atoms with Crippen molar-refractivity contribution in [2.75, 3.05) is 11.9 Å². The van der Waals surface area contributed by atoms with Gasteiger partial charge in [-0.1, -0.05) is 42.9 Å². The molecule has 1 aromatic carbocycles. The van der Waals surface area contributed by atoms with E-state index >= 15 is 0 Å². The van der Waals surface area contributed by atoms with Crippen molar-refractivity contribution in [1.29, 1.82) is 0 Å². The molecule has 0 aliphatic carbocycles. The highest BCUT2D eigenvalue weighted by Crippen LogP contribution is 2.20. The number of aryl methyl sites for hydroxylation is 1. The van der Waals surface area contributed by atoms with E-state index in [9.17, 15) is 13.2 Å². The number of carbonyl (C=O) groups is 1. The van der Waals surface area contributed by atoms with Crippen LogP contribution in [0.1, 0.15) is 36.2 Å². The maximum absolute atomic E-state index is 12.1. The summed E-state index contributed by atoms with van der Waals surface area (Å²) in [4.78, 5) is 12.1. The number of anilines is 1. The molecule has 2 aromatic rings. The van der Waals surface area contributed by atoms with Gasteiger partial charge in [0.25, 0.3) is 15.9 Å². The molecule has 1 amide bonds. The molecule has 24 heavy (non-hydrogen) atoms. The van der Waals surface area contributed by atoms with E-state index in [1.165, 1.54) is 0 Å². The molecule has 0 fully saturated rings. The van der Waals surface area contributed by atoms with Crippen LogP contribution in [0.15, 0.2) is 28.6 Å². The molecule has 2 rings (SSSR count). The first-order chi connectivity index (χ1) is 11.3. The number of amides is 1. The van der Waals surface area contributed by atoms with Gasteiger partial charge in [-0.05, 0) is 31.4 Å². The summed E-state index contributed by atoms with van der Waals surface area (Å²) in [5.74, 6) is 0.0397. The Balaban J connectivity index is 2.03. The summed E-state index contributed by atoms with van der Waals surface area (Å²) >= 11 is 0.821.